The number of fused-ring (bicyclic) bond motifs is 2. The number of allylic oxidation sites excluding steroid dienone is 2. The Bertz CT molecular complexity index is 1560. The largest absolute Gasteiger partial charge is 0.381 e. The second-order valence-electron chi connectivity index (χ2n) is 12.9. The number of likely N-dealkylation sites (tertiary alicyclic amines) is 1. The van der Waals surface area contributed by atoms with Crippen LogP contribution in [0.2, 0.25) is 0 Å². The SMILES string of the molecule is Cc1nc2cc(NC(=O)CN3CC[C@H]4NC(=O)[C@@H](Cc5ccccc5)NC(=O)C5(C/C=C/C[C@H]4C3)CCOCC5)ccc2n1C. The van der Waals surface area contributed by atoms with Crippen LogP contribution in [0.25, 0.3) is 11.0 Å². The van der Waals surface area contributed by atoms with Crippen molar-refractivity contribution >= 4 is 34.4 Å². The van der Waals surface area contributed by atoms with Crippen molar-refractivity contribution in [1.29, 1.82) is 0 Å². The molecule has 6 rings (SSSR count). The highest BCUT2D eigenvalue weighted by Gasteiger charge is 2.41. The number of hydrogen-bond acceptors (Lipinski definition) is 6. The molecule has 0 aliphatic carbocycles. The molecule has 2 aromatic carbocycles. The van der Waals surface area contributed by atoms with Crippen molar-refractivity contribution in [1.82, 2.24) is 25.1 Å². The van der Waals surface area contributed by atoms with Crippen LogP contribution in [0.4, 0.5) is 5.69 Å². The molecule has 3 aliphatic heterocycles. The third-order valence-corrected chi connectivity index (χ3v) is 9.85. The van der Waals surface area contributed by atoms with Gasteiger partial charge in [-0.25, -0.2) is 4.98 Å². The summed E-state index contributed by atoms with van der Waals surface area (Å²) in [6.45, 7) is 4.69. The number of nitrogens with zero attached hydrogens (tertiary/aromatic N) is 3. The first-order valence-electron chi connectivity index (χ1n) is 16.1. The van der Waals surface area contributed by atoms with E-state index in [1.807, 2.05) is 67.1 Å². The van der Waals surface area contributed by atoms with E-state index >= 15 is 0 Å². The molecule has 0 unspecified atom stereocenters. The monoisotopic (exact) mass is 612 g/mol. The van der Waals surface area contributed by atoms with Crippen LogP contribution in [0.5, 0.6) is 0 Å². The summed E-state index contributed by atoms with van der Waals surface area (Å²) in [6.07, 6.45) is 8.08. The zero-order chi connectivity index (χ0) is 31.4. The zero-order valence-electron chi connectivity index (χ0n) is 26.3. The third kappa shape index (κ3) is 7.12. The molecule has 3 aromatic rings. The summed E-state index contributed by atoms with van der Waals surface area (Å²) < 4.78 is 7.64. The molecule has 10 nitrogen and oxygen atoms in total. The Morgan fingerprint density at radius 3 is 2.69 bits per heavy atom. The predicted molar refractivity (Wildman–Crippen MR) is 173 cm³/mol. The van der Waals surface area contributed by atoms with Crippen LogP contribution in [0.1, 0.15) is 43.5 Å². The van der Waals surface area contributed by atoms with Crippen LogP contribution in [0.15, 0.2) is 60.7 Å². The van der Waals surface area contributed by atoms with Crippen LogP contribution >= 0.6 is 0 Å². The first-order valence-corrected chi connectivity index (χ1v) is 16.1. The highest BCUT2D eigenvalue weighted by atomic mass is 16.5. The van der Waals surface area contributed by atoms with E-state index in [9.17, 15) is 14.4 Å². The lowest BCUT2D eigenvalue weighted by atomic mass is 9.75. The number of hydrogen-bond donors (Lipinski definition) is 3. The Balaban J connectivity index is 1.16. The van der Waals surface area contributed by atoms with Gasteiger partial charge in [0.2, 0.25) is 17.7 Å². The maximum absolute atomic E-state index is 13.8. The van der Waals surface area contributed by atoms with E-state index < -0.39 is 11.5 Å². The van der Waals surface area contributed by atoms with Gasteiger partial charge < -0.3 is 25.3 Å². The topological polar surface area (TPSA) is 118 Å². The normalized spacial score (nSPS) is 25.0. The van der Waals surface area contributed by atoms with Crippen molar-refractivity contribution in [2.24, 2.45) is 18.4 Å². The lowest BCUT2D eigenvalue weighted by Crippen LogP contribution is -2.58. The number of aryl methyl sites for hydroxylation is 2. The molecule has 1 aromatic heterocycles. The number of nitrogens with one attached hydrogen (secondary N) is 3. The molecule has 3 atom stereocenters. The molecule has 0 bridgehead atoms. The molecular weight excluding hydrogens is 568 g/mol. The van der Waals surface area contributed by atoms with E-state index in [-0.39, 0.29) is 36.2 Å². The van der Waals surface area contributed by atoms with Gasteiger partial charge in [-0.2, -0.15) is 0 Å². The number of anilines is 1. The number of carbonyl (C=O) groups excluding carboxylic acids is 3. The predicted octanol–water partition coefficient (Wildman–Crippen LogP) is 3.50. The molecule has 0 radical (unpaired) electrons. The van der Waals surface area contributed by atoms with Crippen molar-refractivity contribution in [2.45, 2.75) is 57.5 Å². The Labute approximate surface area is 264 Å². The molecule has 4 heterocycles. The lowest BCUT2D eigenvalue weighted by Gasteiger charge is -2.40. The number of aromatic nitrogens is 2. The maximum atomic E-state index is 13.8. The van der Waals surface area contributed by atoms with Crippen LogP contribution < -0.4 is 16.0 Å². The van der Waals surface area contributed by atoms with Gasteiger partial charge in [0.1, 0.15) is 11.9 Å². The van der Waals surface area contributed by atoms with E-state index in [1.54, 1.807) is 0 Å². The van der Waals surface area contributed by atoms with E-state index in [0.717, 1.165) is 41.0 Å². The van der Waals surface area contributed by atoms with Gasteiger partial charge in [-0.15, -0.1) is 0 Å². The maximum Gasteiger partial charge on any atom is 0.243 e. The highest BCUT2D eigenvalue weighted by Crippen LogP contribution is 2.36. The average Bonchev–Trinajstić information content (AvgIpc) is 3.32. The van der Waals surface area contributed by atoms with Gasteiger partial charge in [-0.3, -0.25) is 19.3 Å². The lowest BCUT2D eigenvalue weighted by molar-refractivity contribution is -0.140. The Morgan fingerprint density at radius 1 is 1.09 bits per heavy atom. The van der Waals surface area contributed by atoms with Gasteiger partial charge >= 0.3 is 0 Å². The summed E-state index contributed by atoms with van der Waals surface area (Å²) in [4.78, 5) is 47.5. The fourth-order valence-corrected chi connectivity index (χ4v) is 7.00. The molecule has 1 spiro atoms. The van der Waals surface area contributed by atoms with Crippen LogP contribution in [-0.4, -0.2) is 77.1 Å². The van der Waals surface area contributed by atoms with Crippen molar-refractivity contribution in [3.8, 4) is 0 Å². The molecular formula is C35H44N6O4. The van der Waals surface area contributed by atoms with E-state index in [1.165, 1.54) is 0 Å². The first-order chi connectivity index (χ1) is 21.8. The molecule has 3 N–H and O–H groups in total. The minimum absolute atomic E-state index is 0.0529. The van der Waals surface area contributed by atoms with Crippen LogP contribution in [-0.2, 0) is 32.6 Å². The smallest absolute Gasteiger partial charge is 0.243 e. The summed E-state index contributed by atoms with van der Waals surface area (Å²) >= 11 is 0. The van der Waals surface area contributed by atoms with E-state index in [2.05, 4.69) is 38.0 Å². The standard InChI is InChI=1S/C35H44N6O4/c1-24-36-29-21-27(11-12-31(29)40(24)2)37-32(42)23-41-17-13-28-26(22-41)10-6-7-14-35(15-18-45-19-16-35)34(44)39-30(33(43)38-28)20-25-8-4-3-5-9-25/h3-9,11-12,21,26,28,30H,10,13-20,22-23H2,1-2H3,(H,37,42)(H,38,43)(H,39,44)/b7-6+/t26-,28+,30+/m0/s1. The van der Waals surface area contributed by atoms with Gasteiger partial charge in [0.05, 0.1) is 23.0 Å². The van der Waals surface area contributed by atoms with Crippen molar-refractivity contribution in [2.75, 3.05) is 38.2 Å². The number of benzene rings is 2. The van der Waals surface area contributed by atoms with Crippen molar-refractivity contribution in [3.05, 3.63) is 72.1 Å². The minimum Gasteiger partial charge on any atom is -0.381 e. The molecule has 0 saturated carbocycles. The molecule has 2 saturated heterocycles. The van der Waals surface area contributed by atoms with Gasteiger partial charge in [-0.05, 0) is 68.7 Å². The number of ether oxygens (including phenoxy) is 1. The number of rotatable bonds is 5. The van der Waals surface area contributed by atoms with Crippen molar-refractivity contribution < 1.29 is 19.1 Å². The Morgan fingerprint density at radius 2 is 1.89 bits per heavy atom. The van der Waals surface area contributed by atoms with Gasteiger partial charge in [0.25, 0.3) is 0 Å². The Hall–Kier alpha value is -4.02. The summed E-state index contributed by atoms with van der Waals surface area (Å²) in [6, 6.07) is 14.9. The molecule has 3 aliphatic rings. The van der Waals surface area contributed by atoms with E-state index in [0.29, 0.717) is 52.0 Å². The number of carbonyl (C=O) groups is 3. The van der Waals surface area contributed by atoms with Gasteiger partial charge in [0, 0.05) is 51.5 Å². The fourth-order valence-electron chi connectivity index (χ4n) is 7.00. The minimum atomic E-state index is -0.673. The van der Waals surface area contributed by atoms with E-state index in [4.69, 9.17) is 4.74 Å². The molecule has 2 fully saturated rings. The highest BCUT2D eigenvalue weighted by molar-refractivity contribution is 5.94. The first kappa shape index (κ1) is 31.0. The van der Waals surface area contributed by atoms with Crippen molar-refractivity contribution in [3.63, 3.8) is 0 Å². The average molecular weight is 613 g/mol. The summed E-state index contributed by atoms with van der Waals surface area (Å²) in [7, 11) is 1.98. The Kier molecular flexibility index (Phi) is 9.32. The van der Waals surface area contributed by atoms with Gasteiger partial charge in [0.15, 0.2) is 0 Å². The van der Waals surface area contributed by atoms with Gasteiger partial charge in [-0.1, -0.05) is 42.5 Å². The molecule has 238 valence electrons. The second-order valence-corrected chi connectivity index (χ2v) is 12.9. The molecule has 10 heteroatoms. The fraction of sp³-hybridized carbons (Fsp3) is 0.486. The molecule has 3 amide bonds. The third-order valence-electron chi connectivity index (χ3n) is 9.85. The summed E-state index contributed by atoms with van der Waals surface area (Å²) in [5.74, 6) is 0.770. The number of piperidine rings is 1. The second kappa shape index (κ2) is 13.5. The number of amides is 3. The van der Waals surface area contributed by atoms with Crippen LogP contribution in [0, 0.1) is 18.3 Å². The molecule has 45 heavy (non-hydrogen) atoms. The van der Waals surface area contributed by atoms with Crippen LogP contribution in [0.3, 0.4) is 0 Å². The summed E-state index contributed by atoms with van der Waals surface area (Å²) in [5.41, 5.74) is 3.03. The number of imidazole rings is 1. The zero-order valence-corrected chi connectivity index (χ0v) is 26.3. The quantitative estimate of drug-likeness (QED) is 0.380. The summed E-state index contributed by atoms with van der Waals surface area (Å²) in [5, 5.41) is 9.51.